The Morgan fingerprint density at radius 2 is 1.85 bits per heavy atom. The summed E-state index contributed by atoms with van der Waals surface area (Å²) in [6.07, 6.45) is 5.91. The average Bonchev–Trinajstić information content (AvgIpc) is 2.38. The number of nitrogens with zero attached hydrogens (tertiary/aromatic N) is 1. The number of carbonyl (C=O) groups excluding carboxylic acids is 1. The maximum absolute atomic E-state index is 11.7. The SMILES string of the molecule is CCCCCC(=O)NC1CCN(CCC(=O)O)CC1.Cl. The van der Waals surface area contributed by atoms with Crippen molar-refractivity contribution in [2.45, 2.75) is 57.9 Å². The van der Waals surface area contributed by atoms with E-state index >= 15 is 0 Å². The molecule has 0 aromatic rings. The zero-order valence-corrected chi connectivity index (χ0v) is 13.1. The molecule has 1 aliphatic heterocycles. The third-order valence-corrected chi connectivity index (χ3v) is 3.60. The van der Waals surface area contributed by atoms with Gasteiger partial charge in [-0.05, 0) is 19.3 Å². The first-order valence-electron chi connectivity index (χ1n) is 7.35. The van der Waals surface area contributed by atoms with Crippen LogP contribution < -0.4 is 5.32 Å². The number of rotatable bonds is 8. The summed E-state index contributed by atoms with van der Waals surface area (Å²) >= 11 is 0. The fourth-order valence-corrected chi connectivity index (χ4v) is 2.39. The van der Waals surface area contributed by atoms with E-state index in [9.17, 15) is 9.59 Å². The minimum absolute atomic E-state index is 0. The zero-order valence-electron chi connectivity index (χ0n) is 12.3. The van der Waals surface area contributed by atoms with E-state index in [0.717, 1.165) is 45.2 Å². The van der Waals surface area contributed by atoms with E-state index in [0.29, 0.717) is 13.0 Å². The molecule has 0 bridgehead atoms. The van der Waals surface area contributed by atoms with Gasteiger partial charge in [0.2, 0.25) is 5.91 Å². The highest BCUT2D eigenvalue weighted by Crippen LogP contribution is 2.11. The topological polar surface area (TPSA) is 69.6 Å². The van der Waals surface area contributed by atoms with E-state index in [4.69, 9.17) is 5.11 Å². The molecule has 0 aliphatic carbocycles. The lowest BCUT2D eigenvalue weighted by atomic mass is 10.0. The number of aliphatic carboxylic acids is 1. The van der Waals surface area contributed by atoms with Gasteiger partial charge in [-0.1, -0.05) is 19.8 Å². The molecule has 2 N–H and O–H groups in total. The summed E-state index contributed by atoms with van der Waals surface area (Å²) in [5.41, 5.74) is 0. The van der Waals surface area contributed by atoms with Gasteiger partial charge in [0, 0.05) is 32.1 Å². The Balaban J connectivity index is 0.00000361. The van der Waals surface area contributed by atoms with Crippen LogP contribution >= 0.6 is 12.4 Å². The van der Waals surface area contributed by atoms with Crippen LogP contribution in [0.15, 0.2) is 0 Å². The van der Waals surface area contributed by atoms with Crippen molar-refractivity contribution in [3.05, 3.63) is 0 Å². The molecule has 0 radical (unpaired) electrons. The molecule has 0 spiro atoms. The molecule has 0 aromatic heterocycles. The van der Waals surface area contributed by atoms with Crippen molar-refractivity contribution in [1.29, 1.82) is 0 Å². The van der Waals surface area contributed by atoms with Crippen LogP contribution in [0, 0.1) is 0 Å². The number of unbranched alkanes of at least 4 members (excludes halogenated alkanes) is 2. The van der Waals surface area contributed by atoms with Crippen LogP contribution in [0.4, 0.5) is 0 Å². The lowest BCUT2D eigenvalue weighted by Gasteiger charge is -2.32. The van der Waals surface area contributed by atoms with Crippen molar-refractivity contribution in [2.75, 3.05) is 19.6 Å². The number of amides is 1. The molecule has 0 aromatic carbocycles. The Morgan fingerprint density at radius 3 is 2.40 bits per heavy atom. The molecule has 1 amide bonds. The van der Waals surface area contributed by atoms with Gasteiger partial charge < -0.3 is 15.3 Å². The summed E-state index contributed by atoms with van der Waals surface area (Å²) in [7, 11) is 0. The number of piperidine rings is 1. The Hall–Kier alpha value is -0.810. The van der Waals surface area contributed by atoms with E-state index in [1.54, 1.807) is 0 Å². The monoisotopic (exact) mass is 306 g/mol. The van der Waals surface area contributed by atoms with Crippen molar-refractivity contribution in [3.63, 3.8) is 0 Å². The number of carboxylic acids is 1. The normalized spacial score (nSPS) is 16.4. The number of halogens is 1. The molecular formula is C14H27ClN2O3. The average molecular weight is 307 g/mol. The van der Waals surface area contributed by atoms with E-state index in [1.165, 1.54) is 0 Å². The summed E-state index contributed by atoms with van der Waals surface area (Å²) in [6.45, 7) is 4.51. The minimum Gasteiger partial charge on any atom is -0.481 e. The first-order valence-corrected chi connectivity index (χ1v) is 7.35. The Bertz CT molecular complexity index is 292. The second-order valence-corrected chi connectivity index (χ2v) is 5.28. The summed E-state index contributed by atoms with van der Waals surface area (Å²) in [4.78, 5) is 24.3. The van der Waals surface area contributed by atoms with Gasteiger partial charge >= 0.3 is 5.97 Å². The zero-order chi connectivity index (χ0) is 14.1. The summed E-state index contributed by atoms with van der Waals surface area (Å²) in [5, 5.41) is 11.7. The number of hydrogen-bond donors (Lipinski definition) is 2. The molecule has 118 valence electrons. The third-order valence-electron chi connectivity index (χ3n) is 3.60. The van der Waals surface area contributed by atoms with Gasteiger partial charge in [-0.2, -0.15) is 0 Å². The Kier molecular flexibility index (Phi) is 10.5. The van der Waals surface area contributed by atoms with Crippen LogP contribution in [0.5, 0.6) is 0 Å². The van der Waals surface area contributed by atoms with Crippen molar-refractivity contribution >= 4 is 24.3 Å². The quantitative estimate of drug-likeness (QED) is 0.673. The Morgan fingerprint density at radius 1 is 1.20 bits per heavy atom. The molecule has 6 heteroatoms. The number of hydrogen-bond acceptors (Lipinski definition) is 3. The molecule has 1 rings (SSSR count). The number of likely N-dealkylation sites (tertiary alicyclic amines) is 1. The van der Waals surface area contributed by atoms with Crippen LogP contribution in [0.1, 0.15) is 51.9 Å². The van der Waals surface area contributed by atoms with Crippen molar-refractivity contribution in [1.82, 2.24) is 10.2 Å². The van der Waals surface area contributed by atoms with Gasteiger partial charge in [0.05, 0.1) is 6.42 Å². The molecule has 5 nitrogen and oxygen atoms in total. The highest BCUT2D eigenvalue weighted by Gasteiger charge is 2.20. The van der Waals surface area contributed by atoms with E-state index < -0.39 is 5.97 Å². The maximum atomic E-state index is 11.7. The minimum atomic E-state index is -0.744. The lowest BCUT2D eigenvalue weighted by Crippen LogP contribution is -2.45. The first kappa shape index (κ1) is 19.2. The smallest absolute Gasteiger partial charge is 0.304 e. The van der Waals surface area contributed by atoms with Gasteiger partial charge in [-0.25, -0.2) is 0 Å². The molecule has 1 fully saturated rings. The second kappa shape index (κ2) is 10.9. The van der Waals surface area contributed by atoms with Crippen LogP contribution in [-0.2, 0) is 9.59 Å². The number of nitrogens with one attached hydrogen (secondary N) is 1. The molecule has 1 saturated heterocycles. The molecular weight excluding hydrogens is 280 g/mol. The molecule has 1 aliphatic rings. The lowest BCUT2D eigenvalue weighted by molar-refractivity contribution is -0.137. The molecule has 0 unspecified atom stereocenters. The fraction of sp³-hybridized carbons (Fsp3) is 0.857. The third kappa shape index (κ3) is 8.38. The fourth-order valence-electron chi connectivity index (χ4n) is 2.39. The first-order chi connectivity index (χ1) is 9.11. The van der Waals surface area contributed by atoms with Crippen molar-refractivity contribution < 1.29 is 14.7 Å². The van der Waals surface area contributed by atoms with Gasteiger partial charge in [-0.3, -0.25) is 9.59 Å². The van der Waals surface area contributed by atoms with Gasteiger partial charge in [-0.15, -0.1) is 12.4 Å². The predicted octanol–water partition coefficient (Wildman–Crippen LogP) is 2.04. The second-order valence-electron chi connectivity index (χ2n) is 5.28. The van der Waals surface area contributed by atoms with Crippen LogP contribution in [0.2, 0.25) is 0 Å². The van der Waals surface area contributed by atoms with E-state index in [1.807, 2.05) is 0 Å². The van der Waals surface area contributed by atoms with Crippen molar-refractivity contribution in [3.8, 4) is 0 Å². The van der Waals surface area contributed by atoms with E-state index in [2.05, 4.69) is 17.1 Å². The molecule has 0 saturated carbocycles. The van der Waals surface area contributed by atoms with Crippen molar-refractivity contribution in [2.24, 2.45) is 0 Å². The maximum Gasteiger partial charge on any atom is 0.304 e. The van der Waals surface area contributed by atoms with Crippen LogP contribution in [-0.4, -0.2) is 47.6 Å². The van der Waals surface area contributed by atoms with Crippen LogP contribution in [0.3, 0.4) is 0 Å². The summed E-state index contributed by atoms with van der Waals surface area (Å²) in [6, 6.07) is 0.273. The van der Waals surface area contributed by atoms with Gasteiger partial charge in [0.15, 0.2) is 0 Å². The van der Waals surface area contributed by atoms with Crippen LogP contribution in [0.25, 0.3) is 0 Å². The highest BCUT2D eigenvalue weighted by atomic mass is 35.5. The number of carboxylic acid groups (broad SMARTS) is 1. The van der Waals surface area contributed by atoms with E-state index in [-0.39, 0.29) is 30.8 Å². The summed E-state index contributed by atoms with van der Waals surface area (Å²) in [5.74, 6) is -0.580. The molecule has 20 heavy (non-hydrogen) atoms. The Labute approximate surface area is 127 Å². The standard InChI is InChI=1S/C14H26N2O3.ClH/c1-2-3-4-5-13(17)15-12-6-9-16(10-7-12)11-8-14(18)19;/h12H,2-11H2,1H3,(H,15,17)(H,18,19);1H. The van der Waals surface area contributed by atoms with Gasteiger partial charge in [0.1, 0.15) is 0 Å². The molecule has 1 heterocycles. The highest BCUT2D eigenvalue weighted by molar-refractivity contribution is 5.85. The largest absolute Gasteiger partial charge is 0.481 e. The summed E-state index contributed by atoms with van der Waals surface area (Å²) < 4.78 is 0. The van der Waals surface area contributed by atoms with Gasteiger partial charge in [0.25, 0.3) is 0 Å². The predicted molar refractivity (Wildman–Crippen MR) is 81.2 cm³/mol. The number of carbonyl (C=O) groups is 2. The molecule has 0 atom stereocenters.